The van der Waals surface area contributed by atoms with E-state index in [1.807, 2.05) is 23.6 Å². The Morgan fingerprint density at radius 3 is 2.62 bits per heavy atom. The van der Waals surface area contributed by atoms with Gasteiger partial charge in [-0.3, -0.25) is 4.99 Å². The van der Waals surface area contributed by atoms with E-state index in [-0.39, 0.29) is 11.8 Å². The number of hydrogen-bond donors (Lipinski definition) is 1. The van der Waals surface area contributed by atoms with Gasteiger partial charge < -0.3 is 14.6 Å². The van der Waals surface area contributed by atoms with Crippen molar-refractivity contribution in [2.75, 3.05) is 6.61 Å². The summed E-state index contributed by atoms with van der Waals surface area (Å²) in [6.45, 7) is 0.969. The minimum atomic E-state index is -0.0586. The van der Waals surface area contributed by atoms with E-state index in [0.717, 1.165) is 66.2 Å². The highest BCUT2D eigenvalue weighted by Gasteiger charge is 2.29. The molecule has 37 heavy (non-hydrogen) atoms. The van der Waals surface area contributed by atoms with Crippen molar-refractivity contribution in [3.8, 4) is 16.2 Å². The highest BCUT2D eigenvalue weighted by Crippen LogP contribution is 2.44. The fourth-order valence-electron chi connectivity index (χ4n) is 5.76. The number of aliphatic hydroxyl groups excluding tert-OH is 1. The van der Waals surface area contributed by atoms with Crippen LogP contribution in [0.15, 0.2) is 58.9 Å². The van der Waals surface area contributed by atoms with Crippen molar-refractivity contribution >= 4 is 23.1 Å². The highest BCUT2D eigenvalue weighted by atomic mass is 32.1. The van der Waals surface area contributed by atoms with E-state index in [1.165, 1.54) is 42.0 Å². The van der Waals surface area contributed by atoms with Gasteiger partial charge >= 0.3 is 0 Å². The number of aliphatic hydroxyl groups is 1. The second kappa shape index (κ2) is 9.88. The van der Waals surface area contributed by atoms with Crippen LogP contribution in [0.2, 0.25) is 0 Å². The lowest BCUT2D eigenvalue weighted by atomic mass is 9.88. The quantitative estimate of drug-likeness (QED) is 0.398. The Morgan fingerprint density at radius 2 is 1.84 bits per heavy atom. The zero-order chi connectivity index (χ0) is 24.8. The molecule has 192 valence electrons. The summed E-state index contributed by atoms with van der Waals surface area (Å²) in [7, 11) is 0. The number of dihydropyridines is 1. The molecule has 1 aliphatic heterocycles. The van der Waals surface area contributed by atoms with Crippen LogP contribution in [-0.2, 0) is 4.74 Å². The lowest BCUT2D eigenvalue weighted by molar-refractivity contribution is 0.0186. The van der Waals surface area contributed by atoms with Crippen molar-refractivity contribution < 1.29 is 14.6 Å². The molecular weight excluding hydrogens is 480 g/mol. The molecule has 0 spiro atoms. The largest absolute Gasteiger partial charge is 0.506 e. The Balaban J connectivity index is 1.09. The van der Waals surface area contributed by atoms with E-state index in [4.69, 9.17) is 14.5 Å². The van der Waals surface area contributed by atoms with Gasteiger partial charge in [-0.1, -0.05) is 18.2 Å². The first-order chi connectivity index (χ1) is 18.2. The summed E-state index contributed by atoms with van der Waals surface area (Å²) in [6, 6.07) is 6.51. The second-order valence-corrected chi connectivity index (χ2v) is 12.3. The van der Waals surface area contributed by atoms with Gasteiger partial charge in [-0.05, 0) is 98.6 Å². The third kappa shape index (κ3) is 4.94. The fraction of sp³-hybridized carbons (Fsp3) is 0.484. The van der Waals surface area contributed by atoms with Gasteiger partial charge in [0, 0.05) is 24.3 Å². The molecule has 1 aromatic heterocycles. The number of ether oxygens (including phenoxy) is 2. The number of thiazole rings is 1. The van der Waals surface area contributed by atoms with E-state index in [1.54, 1.807) is 12.3 Å². The van der Waals surface area contributed by atoms with Crippen molar-refractivity contribution in [2.45, 2.75) is 82.0 Å². The van der Waals surface area contributed by atoms with Crippen LogP contribution in [0.5, 0.6) is 5.75 Å². The number of allylic oxidation sites excluding steroid dienone is 3. The van der Waals surface area contributed by atoms with Gasteiger partial charge in [-0.15, -0.1) is 11.3 Å². The smallest absolute Gasteiger partial charge is 0.133 e. The predicted octanol–water partition coefficient (Wildman–Crippen LogP) is 7.41. The predicted molar refractivity (Wildman–Crippen MR) is 149 cm³/mol. The van der Waals surface area contributed by atoms with Crippen LogP contribution in [0.1, 0.15) is 74.3 Å². The molecule has 5 nitrogen and oxygen atoms in total. The average molecular weight is 515 g/mol. The zero-order valence-corrected chi connectivity index (χ0v) is 22.0. The van der Waals surface area contributed by atoms with Gasteiger partial charge in [0.25, 0.3) is 0 Å². The monoisotopic (exact) mass is 514 g/mol. The topological polar surface area (TPSA) is 63.9 Å². The van der Waals surface area contributed by atoms with Crippen LogP contribution in [0.25, 0.3) is 16.0 Å². The Hall–Kier alpha value is -2.70. The molecule has 4 aliphatic carbocycles. The number of nitrogens with zero attached hydrogens (tertiary/aromatic N) is 2. The van der Waals surface area contributed by atoms with Gasteiger partial charge in [0.2, 0.25) is 0 Å². The summed E-state index contributed by atoms with van der Waals surface area (Å²) in [5.41, 5.74) is 4.43. The number of aliphatic imine (C=N–C) groups is 1. The molecule has 3 saturated carbocycles. The van der Waals surface area contributed by atoms with Crippen LogP contribution in [-0.4, -0.2) is 41.2 Å². The van der Waals surface area contributed by atoms with Crippen molar-refractivity contribution in [3.05, 3.63) is 64.5 Å². The molecule has 0 bridgehead atoms. The first-order valence-corrected chi connectivity index (χ1v) is 14.8. The molecular formula is C31H34N2O3S. The van der Waals surface area contributed by atoms with Crippen molar-refractivity contribution in [1.82, 2.24) is 4.98 Å². The minimum absolute atomic E-state index is 0.0586. The van der Waals surface area contributed by atoms with E-state index in [9.17, 15) is 5.11 Å². The molecule has 0 saturated heterocycles. The van der Waals surface area contributed by atoms with Crippen LogP contribution in [0.3, 0.4) is 0 Å². The normalized spacial score (nSPS) is 27.2. The molecule has 0 radical (unpaired) electrons. The number of aromatic nitrogens is 1. The molecule has 2 aromatic rings. The summed E-state index contributed by atoms with van der Waals surface area (Å²) >= 11 is 1.83. The number of hydrogen-bond acceptors (Lipinski definition) is 6. The molecule has 3 fully saturated rings. The molecule has 1 aromatic carbocycles. The highest BCUT2D eigenvalue weighted by molar-refractivity contribution is 7.15. The lowest BCUT2D eigenvalue weighted by Gasteiger charge is -2.28. The van der Waals surface area contributed by atoms with E-state index in [2.05, 4.69) is 29.3 Å². The summed E-state index contributed by atoms with van der Waals surface area (Å²) < 4.78 is 12.7. The van der Waals surface area contributed by atoms with Crippen LogP contribution in [0.4, 0.5) is 0 Å². The maximum absolute atomic E-state index is 9.82. The molecule has 5 aliphatic rings. The Labute approximate surface area is 222 Å². The van der Waals surface area contributed by atoms with E-state index < -0.39 is 0 Å². The Morgan fingerprint density at radius 1 is 0.973 bits per heavy atom. The third-order valence-electron chi connectivity index (χ3n) is 8.47. The van der Waals surface area contributed by atoms with Crippen molar-refractivity contribution in [3.63, 3.8) is 0 Å². The van der Waals surface area contributed by atoms with Gasteiger partial charge in [-0.25, -0.2) is 4.98 Å². The summed E-state index contributed by atoms with van der Waals surface area (Å²) in [4.78, 5) is 10.7. The maximum Gasteiger partial charge on any atom is 0.133 e. The fourth-order valence-corrected chi connectivity index (χ4v) is 6.88. The number of rotatable bonds is 8. The van der Waals surface area contributed by atoms with Crippen LogP contribution >= 0.6 is 11.3 Å². The Bertz CT molecular complexity index is 1290. The van der Waals surface area contributed by atoms with E-state index >= 15 is 0 Å². The SMILES string of the molecule is OC1=CC2=CC=C(c3ccc(-c4cnc(C5CCC(OCC6CC6)CC5)s4)c(OC4CCC4)c3)C2N=C1. The minimum Gasteiger partial charge on any atom is -0.506 e. The molecule has 1 N–H and O–H groups in total. The first kappa shape index (κ1) is 23.4. The number of benzene rings is 1. The van der Waals surface area contributed by atoms with Crippen molar-refractivity contribution in [1.29, 1.82) is 0 Å². The third-order valence-corrected chi connectivity index (χ3v) is 9.67. The lowest BCUT2D eigenvalue weighted by Crippen LogP contribution is -2.24. The zero-order valence-electron chi connectivity index (χ0n) is 21.1. The number of fused-ring (bicyclic) bond motifs is 1. The standard InChI is InChI=1S/C31H34N2O3S/c34-23-14-22-9-12-26(30(22)32-16-23)21-8-13-27(28(15-21)36-25-2-1-3-25)29-17-33-31(37-29)20-6-10-24(11-7-20)35-18-19-4-5-19/h8-9,12-17,19-20,24-25,30,34H,1-7,10-11,18H2. The van der Waals surface area contributed by atoms with Gasteiger partial charge in [-0.2, -0.15) is 0 Å². The summed E-state index contributed by atoms with van der Waals surface area (Å²) in [6.07, 6.45) is 21.1. The van der Waals surface area contributed by atoms with E-state index in [0.29, 0.717) is 18.1 Å². The molecule has 0 amide bonds. The molecule has 7 rings (SSSR count). The summed E-state index contributed by atoms with van der Waals surface area (Å²) in [5, 5.41) is 11.1. The van der Waals surface area contributed by atoms with Gasteiger partial charge in [0.15, 0.2) is 0 Å². The molecule has 1 unspecified atom stereocenters. The summed E-state index contributed by atoms with van der Waals surface area (Å²) in [5.74, 6) is 2.53. The van der Waals surface area contributed by atoms with Gasteiger partial charge in [0.1, 0.15) is 17.6 Å². The molecule has 2 heterocycles. The second-order valence-electron chi connectivity index (χ2n) is 11.2. The van der Waals surface area contributed by atoms with Crippen molar-refractivity contribution in [2.24, 2.45) is 10.9 Å². The average Bonchev–Trinajstić information content (AvgIpc) is 3.43. The maximum atomic E-state index is 9.82. The van der Waals surface area contributed by atoms with Crippen LogP contribution < -0.4 is 4.74 Å². The molecule has 1 atom stereocenters. The van der Waals surface area contributed by atoms with Gasteiger partial charge in [0.05, 0.1) is 28.3 Å². The molecule has 6 heteroatoms. The van der Waals surface area contributed by atoms with Crippen LogP contribution in [0, 0.1) is 5.92 Å². The Kier molecular flexibility index (Phi) is 6.25. The first-order valence-electron chi connectivity index (χ1n) is 13.9.